The van der Waals surface area contributed by atoms with E-state index in [2.05, 4.69) is 65.5 Å². The molecule has 1 aromatic rings. The Morgan fingerprint density at radius 2 is 1.83 bits per heavy atom. The summed E-state index contributed by atoms with van der Waals surface area (Å²) in [4.78, 5) is 9.74. The maximum atomic E-state index is 4.70. The van der Waals surface area contributed by atoms with Crippen LogP contribution in [0, 0.1) is 6.92 Å². The summed E-state index contributed by atoms with van der Waals surface area (Å²) in [5, 5.41) is 6.80. The Morgan fingerprint density at radius 3 is 2.50 bits per heavy atom. The van der Waals surface area contributed by atoms with Crippen LogP contribution in [0.3, 0.4) is 0 Å². The van der Waals surface area contributed by atoms with Gasteiger partial charge in [-0.25, -0.2) is 4.99 Å². The van der Waals surface area contributed by atoms with E-state index < -0.39 is 0 Å². The van der Waals surface area contributed by atoms with E-state index in [1.165, 1.54) is 43.9 Å². The highest BCUT2D eigenvalue weighted by atomic mass is 15.3. The van der Waals surface area contributed by atoms with E-state index in [0.717, 1.165) is 25.6 Å². The maximum Gasteiger partial charge on any atom is 0.191 e. The zero-order valence-corrected chi connectivity index (χ0v) is 15.5. The summed E-state index contributed by atoms with van der Waals surface area (Å²) in [6, 6.07) is 8.54. The lowest BCUT2D eigenvalue weighted by atomic mass is 10.1. The zero-order chi connectivity index (χ0) is 17.2. The number of likely N-dealkylation sites (N-methyl/N-ethyl adjacent to an activating group) is 1. The number of hydrogen-bond acceptors (Lipinski definition) is 3. The summed E-state index contributed by atoms with van der Waals surface area (Å²) in [7, 11) is 0. The summed E-state index contributed by atoms with van der Waals surface area (Å²) in [5.41, 5.74) is 2.54. The highest BCUT2D eigenvalue weighted by Crippen LogP contribution is 2.05. The summed E-state index contributed by atoms with van der Waals surface area (Å²) in [6.45, 7) is 16.0. The summed E-state index contributed by atoms with van der Waals surface area (Å²) in [5.74, 6) is 0.909. The molecule has 2 N–H and O–H groups in total. The summed E-state index contributed by atoms with van der Waals surface area (Å²) >= 11 is 0. The van der Waals surface area contributed by atoms with Crippen molar-refractivity contribution in [1.82, 2.24) is 20.4 Å². The van der Waals surface area contributed by atoms with Crippen LogP contribution in [0.5, 0.6) is 0 Å². The Kier molecular flexibility index (Phi) is 8.05. The normalized spacial score (nSPS) is 17.0. The molecule has 1 fully saturated rings. The number of piperazine rings is 1. The van der Waals surface area contributed by atoms with Crippen LogP contribution in [0.4, 0.5) is 0 Å². The Bertz CT molecular complexity index is 506. The molecule has 1 aliphatic rings. The van der Waals surface area contributed by atoms with Crippen LogP contribution in [-0.4, -0.2) is 68.1 Å². The van der Waals surface area contributed by atoms with Gasteiger partial charge in [-0.2, -0.15) is 0 Å². The largest absolute Gasteiger partial charge is 0.357 e. The molecule has 0 unspecified atom stereocenters. The van der Waals surface area contributed by atoms with Crippen LogP contribution in [0.15, 0.2) is 29.3 Å². The van der Waals surface area contributed by atoms with Crippen molar-refractivity contribution in [3.8, 4) is 0 Å². The predicted octanol–water partition coefficient (Wildman–Crippen LogP) is 1.69. The van der Waals surface area contributed by atoms with Crippen molar-refractivity contribution in [2.75, 3.05) is 52.4 Å². The predicted molar refractivity (Wildman–Crippen MR) is 103 cm³/mol. The number of benzene rings is 1. The second kappa shape index (κ2) is 10.3. The molecule has 134 valence electrons. The molecular weight excluding hydrogens is 298 g/mol. The van der Waals surface area contributed by atoms with E-state index >= 15 is 0 Å². The molecule has 5 nitrogen and oxygen atoms in total. The first-order valence-electron chi connectivity index (χ1n) is 9.23. The molecule has 0 bridgehead atoms. The van der Waals surface area contributed by atoms with E-state index in [0.29, 0.717) is 6.54 Å². The average molecular weight is 332 g/mol. The fraction of sp³-hybridized carbons (Fsp3) is 0.632. The minimum atomic E-state index is 0.714. The van der Waals surface area contributed by atoms with Gasteiger partial charge in [0.1, 0.15) is 0 Å². The topological polar surface area (TPSA) is 42.9 Å². The van der Waals surface area contributed by atoms with Crippen LogP contribution in [0.25, 0.3) is 0 Å². The van der Waals surface area contributed by atoms with E-state index in [-0.39, 0.29) is 0 Å². The van der Waals surface area contributed by atoms with E-state index in [1.807, 2.05) is 0 Å². The Morgan fingerprint density at radius 1 is 1.08 bits per heavy atom. The molecule has 1 saturated heterocycles. The molecular formula is C19H33N5. The second-order valence-corrected chi connectivity index (χ2v) is 6.39. The summed E-state index contributed by atoms with van der Waals surface area (Å²) < 4.78 is 0. The third kappa shape index (κ3) is 6.49. The van der Waals surface area contributed by atoms with Crippen molar-refractivity contribution >= 4 is 5.96 Å². The van der Waals surface area contributed by atoms with Crippen molar-refractivity contribution in [3.63, 3.8) is 0 Å². The number of guanidine groups is 1. The standard InChI is InChI=1S/C19H33N5/c1-4-20-19(22-16-18-8-6-7-17(3)15-18)21-9-10-24-13-11-23(5-2)12-14-24/h6-8,15H,4-5,9-14,16H2,1-3H3,(H2,20,21,22). The zero-order valence-electron chi connectivity index (χ0n) is 15.5. The minimum absolute atomic E-state index is 0.714. The van der Waals surface area contributed by atoms with Crippen LogP contribution in [0.2, 0.25) is 0 Å². The van der Waals surface area contributed by atoms with Crippen LogP contribution in [0.1, 0.15) is 25.0 Å². The third-order valence-corrected chi connectivity index (χ3v) is 4.48. The maximum absolute atomic E-state index is 4.70. The van der Waals surface area contributed by atoms with Gasteiger partial charge in [0, 0.05) is 45.8 Å². The number of rotatable bonds is 7. The molecule has 0 saturated carbocycles. The fourth-order valence-electron chi connectivity index (χ4n) is 2.98. The van der Waals surface area contributed by atoms with E-state index in [4.69, 9.17) is 4.99 Å². The first kappa shape index (κ1) is 18.7. The average Bonchev–Trinajstić information content (AvgIpc) is 2.60. The van der Waals surface area contributed by atoms with Gasteiger partial charge in [-0.05, 0) is 26.0 Å². The Hall–Kier alpha value is -1.59. The molecule has 0 aliphatic carbocycles. The Labute approximate surface area is 147 Å². The molecule has 0 radical (unpaired) electrons. The van der Waals surface area contributed by atoms with Crippen molar-refractivity contribution in [3.05, 3.63) is 35.4 Å². The fourth-order valence-corrected chi connectivity index (χ4v) is 2.98. The van der Waals surface area contributed by atoms with Crippen molar-refractivity contribution in [2.24, 2.45) is 4.99 Å². The van der Waals surface area contributed by atoms with Gasteiger partial charge >= 0.3 is 0 Å². The number of hydrogen-bond donors (Lipinski definition) is 2. The first-order valence-corrected chi connectivity index (χ1v) is 9.23. The van der Waals surface area contributed by atoms with Crippen molar-refractivity contribution < 1.29 is 0 Å². The lowest BCUT2D eigenvalue weighted by Gasteiger charge is -2.34. The Balaban J connectivity index is 1.75. The van der Waals surface area contributed by atoms with Gasteiger partial charge in [0.15, 0.2) is 5.96 Å². The van der Waals surface area contributed by atoms with Gasteiger partial charge < -0.3 is 15.5 Å². The highest BCUT2D eigenvalue weighted by molar-refractivity contribution is 5.79. The van der Waals surface area contributed by atoms with Crippen LogP contribution >= 0.6 is 0 Å². The van der Waals surface area contributed by atoms with Gasteiger partial charge in [-0.15, -0.1) is 0 Å². The quantitative estimate of drug-likeness (QED) is 0.589. The van der Waals surface area contributed by atoms with Crippen molar-refractivity contribution in [2.45, 2.75) is 27.3 Å². The monoisotopic (exact) mass is 331 g/mol. The molecule has 2 rings (SSSR count). The molecule has 5 heteroatoms. The van der Waals surface area contributed by atoms with Gasteiger partial charge in [0.05, 0.1) is 6.54 Å². The molecule has 0 aromatic heterocycles. The van der Waals surface area contributed by atoms with Gasteiger partial charge in [0.25, 0.3) is 0 Å². The van der Waals surface area contributed by atoms with E-state index in [1.54, 1.807) is 0 Å². The third-order valence-electron chi connectivity index (χ3n) is 4.48. The number of nitrogens with one attached hydrogen (secondary N) is 2. The van der Waals surface area contributed by atoms with Gasteiger partial charge in [-0.1, -0.05) is 36.8 Å². The van der Waals surface area contributed by atoms with Gasteiger partial charge in [-0.3, -0.25) is 4.90 Å². The van der Waals surface area contributed by atoms with E-state index in [9.17, 15) is 0 Å². The molecule has 0 atom stereocenters. The molecule has 1 aliphatic heterocycles. The number of aliphatic imine (C=N–C) groups is 1. The smallest absolute Gasteiger partial charge is 0.191 e. The number of nitrogens with zero attached hydrogens (tertiary/aromatic N) is 3. The molecule has 0 spiro atoms. The lowest BCUT2D eigenvalue weighted by Crippen LogP contribution is -2.49. The lowest BCUT2D eigenvalue weighted by molar-refractivity contribution is 0.139. The summed E-state index contributed by atoms with van der Waals surface area (Å²) in [6.07, 6.45) is 0. The molecule has 1 aromatic carbocycles. The molecule has 1 heterocycles. The SMILES string of the molecule is CCNC(=NCc1cccc(C)c1)NCCN1CCN(CC)CC1. The molecule has 24 heavy (non-hydrogen) atoms. The first-order chi connectivity index (χ1) is 11.7. The van der Waals surface area contributed by atoms with Gasteiger partial charge in [0.2, 0.25) is 0 Å². The van der Waals surface area contributed by atoms with Crippen molar-refractivity contribution in [1.29, 1.82) is 0 Å². The minimum Gasteiger partial charge on any atom is -0.357 e. The van der Waals surface area contributed by atoms with Crippen LogP contribution in [-0.2, 0) is 6.54 Å². The number of aryl methyl sites for hydroxylation is 1. The highest BCUT2D eigenvalue weighted by Gasteiger charge is 2.14. The second-order valence-electron chi connectivity index (χ2n) is 6.39. The molecule has 0 amide bonds. The van der Waals surface area contributed by atoms with Crippen LogP contribution < -0.4 is 10.6 Å².